The normalized spacial score (nSPS) is 19.3. The van der Waals surface area contributed by atoms with Crippen molar-refractivity contribution in [2.75, 3.05) is 0 Å². The third-order valence-electron chi connectivity index (χ3n) is 8.13. The molecule has 0 amide bonds. The monoisotopic (exact) mass is 473 g/mol. The minimum Gasteiger partial charge on any atom is -0.455 e. The molecule has 0 aliphatic heterocycles. The van der Waals surface area contributed by atoms with E-state index in [-0.39, 0.29) is 11.0 Å². The second-order valence-electron chi connectivity index (χ2n) is 11.0. The van der Waals surface area contributed by atoms with Crippen LogP contribution in [0, 0.1) is 12.3 Å². The molecule has 0 N–H and O–H groups in total. The molecule has 0 saturated heterocycles. The predicted molar refractivity (Wildman–Crippen MR) is 152 cm³/mol. The molecule has 2 aromatic heterocycles. The Morgan fingerprint density at radius 3 is 2.53 bits per heavy atom. The second-order valence-corrected chi connectivity index (χ2v) is 11.0. The molecular weight excluding hydrogens is 438 g/mol. The lowest BCUT2D eigenvalue weighted by molar-refractivity contribution is 0.224. The van der Waals surface area contributed by atoms with Crippen molar-refractivity contribution < 1.29 is 9.90 Å². The van der Waals surface area contributed by atoms with E-state index in [2.05, 4.69) is 67.4 Å². The highest BCUT2D eigenvalue weighted by molar-refractivity contribution is 6.17. The predicted octanol–water partition coefficient (Wildman–Crippen LogP) is 9.95. The van der Waals surface area contributed by atoms with Crippen LogP contribution < -0.4 is 0 Å². The van der Waals surface area contributed by atoms with Gasteiger partial charge in [0.05, 0.1) is 5.69 Å². The average molecular weight is 474 g/mol. The van der Waals surface area contributed by atoms with Gasteiger partial charge in [-0.25, -0.2) is 0 Å². The van der Waals surface area contributed by atoms with Crippen molar-refractivity contribution in [2.45, 2.75) is 52.3 Å². The van der Waals surface area contributed by atoms with Crippen LogP contribution in [-0.4, -0.2) is 4.98 Å². The average Bonchev–Trinajstić information content (AvgIpc) is 3.30. The largest absolute Gasteiger partial charge is 0.455 e. The van der Waals surface area contributed by atoms with E-state index < -0.39 is 12.7 Å². The van der Waals surface area contributed by atoms with E-state index in [0.717, 1.165) is 51.1 Å². The molecule has 1 aliphatic carbocycles. The van der Waals surface area contributed by atoms with Gasteiger partial charge in [0.1, 0.15) is 11.2 Å². The number of pyridine rings is 1. The summed E-state index contributed by atoms with van der Waals surface area (Å²) in [6.45, 7) is 2.11. The molecule has 6 aromatic rings. The molecule has 0 bridgehead atoms. The highest BCUT2D eigenvalue weighted by Crippen LogP contribution is 2.44. The van der Waals surface area contributed by atoms with Crippen LogP contribution in [0.2, 0.25) is 0 Å². The first kappa shape index (κ1) is 17.7. The lowest BCUT2D eigenvalue weighted by Crippen LogP contribution is -2.20. The number of aromatic nitrogens is 1. The highest BCUT2D eigenvalue weighted by Gasteiger charge is 2.28. The molecule has 1 aliphatic rings. The Morgan fingerprint density at radius 2 is 1.67 bits per heavy atom. The number of hydrogen-bond acceptors (Lipinski definition) is 2. The summed E-state index contributed by atoms with van der Waals surface area (Å²) in [5, 5.41) is 6.69. The number of nitrogens with zero attached hydrogens (tertiary/aromatic N) is 1. The molecule has 0 radical (unpaired) electrons. The maximum atomic E-state index is 9.42. The topological polar surface area (TPSA) is 26.0 Å². The Kier molecular flexibility index (Phi) is 3.90. The molecule has 0 unspecified atom stereocenters. The SMILES string of the molecule is [2H]C([2H])([2H])c1cnc(-c2cccc3c2oc2cc4c(ccc5ccccc54)cc23)cc1C1([2H])CCC(C)(C)CC1. The van der Waals surface area contributed by atoms with Crippen LogP contribution in [0.3, 0.4) is 0 Å². The van der Waals surface area contributed by atoms with Crippen molar-refractivity contribution in [2.24, 2.45) is 5.41 Å². The van der Waals surface area contributed by atoms with E-state index in [0.29, 0.717) is 24.1 Å². The molecule has 0 atom stereocenters. The fourth-order valence-corrected chi connectivity index (χ4v) is 5.89. The van der Waals surface area contributed by atoms with Crippen molar-refractivity contribution in [3.05, 3.63) is 90.1 Å². The van der Waals surface area contributed by atoms with Gasteiger partial charge in [-0.1, -0.05) is 62.4 Å². The number of benzene rings is 4. The van der Waals surface area contributed by atoms with Gasteiger partial charge in [0.25, 0.3) is 0 Å². The summed E-state index contributed by atoms with van der Waals surface area (Å²) >= 11 is 0. The van der Waals surface area contributed by atoms with Crippen molar-refractivity contribution in [3.63, 3.8) is 0 Å². The minimum atomic E-state index is -2.34. The third-order valence-corrected chi connectivity index (χ3v) is 8.13. The molecule has 7 rings (SSSR count). The van der Waals surface area contributed by atoms with E-state index in [1.165, 1.54) is 17.0 Å². The smallest absolute Gasteiger partial charge is 0.144 e. The van der Waals surface area contributed by atoms with E-state index in [1.807, 2.05) is 24.3 Å². The van der Waals surface area contributed by atoms with Crippen LogP contribution in [0.1, 0.15) is 62.0 Å². The van der Waals surface area contributed by atoms with Crippen LogP contribution in [0.15, 0.2) is 83.4 Å². The van der Waals surface area contributed by atoms with Crippen LogP contribution in [-0.2, 0) is 0 Å². The fraction of sp³-hybridized carbons (Fsp3) is 0.265. The van der Waals surface area contributed by atoms with E-state index in [1.54, 1.807) is 0 Å². The van der Waals surface area contributed by atoms with Crippen molar-refractivity contribution >= 4 is 43.5 Å². The van der Waals surface area contributed by atoms with Gasteiger partial charge in [0, 0.05) is 28.0 Å². The summed E-state index contributed by atoms with van der Waals surface area (Å²) in [5.41, 5.74) is 3.88. The van der Waals surface area contributed by atoms with E-state index in [4.69, 9.17) is 8.53 Å². The number of fused-ring (bicyclic) bond motifs is 6. The van der Waals surface area contributed by atoms with E-state index in [9.17, 15) is 1.37 Å². The molecule has 0 spiro atoms. The van der Waals surface area contributed by atoms with Crippen molar-refractivity contribution in [1.82, 2.24) is 4.98 Å². The molecule has 2 heterocycles. The first-order valence-corrected chi connectivity index (χ1v) is 12.8. The molecule has 4 aromatic carbocycles. The molecule has 1 saturated carbocycles. The molecule has 178 valence electrons. The quantitative estimate of drug-likeness (QED) is 0.234. The highest BCUT2D eigenvalue weighted by atomic mass is 16.3. The van der Waals surface area contributed by atoms with Gasteiger partial charge < -0.3 is 4.42 Å². The first-order chi connectivity index (χ1) is 19.0. The van der Waals surface area contributed by atoms with Crippen LogP contribution >= 0.6 is 0 Å². The fourth-order valence-electron chi connectivity index (χ4n) is 5.89. The number of rotatable bonds is 2. The maximum Gasteiger partial charge on any atom is 0.144 e. The first-order valence-electron chi connectivity index (χ1n) is 14.8. The number of hydrogen-bond donors (Lipinski definition) is 0. The Hall–Kier alpha value is -3.65. The standard InChI is InChI=1S/C34H31NO/c1-21-20-35-31(18-28(21)23-13-15-34(2,3)16-14-23)27-10-6-9-26-30-17-24-12-11-22-7-4-5-8-25(22)29(24)19-32(30)36-33(26)27/h4-12,17-20,23H,13-16H2,1-3H3/i1D3,23D. The summed E-state index contributed by atoms with van der Waals surface area (Å²) in [7, 11) is 0. The molecule has 1 fully saturated rings. The van der Waals surface area contributed by atoms with Gasteiger partial charge in [0.2, 0.25) is 0 Å². The van der Waals surface area contributed by atoms with Crippen LogP contribution in [0.4, 0.5) is 0 Å². The van der Waals surface area contributed by atoms with Gasteiger partial charge in [0.15, 0.2) is 0 Å². The van der Waals surface area contributed by atoms with Gasteiger partial charge in [-0.3, -0.25) is 4.98 Å². The zero-order valence-corrected chi connectivity index (χ0v) is 20.7. The zero-order chi connectivity index (χ0) is 27.9. The van der Waals surface area contributed by atoms with Crippen LogP contribution in [0.5, 0.6) is 0 Å². The van der Waals surface area contributed by atoms with Crippen LogP contribution in [0.25, 0.3) is 54.7 Å². The second kappa shape index (κ2) is 7.93. The van der Waals surface area contributed by atoms with Gasteiger partial charge in [-0.2, -0.15) is 0 Å². The van der Waals surface area contributed by atoms with Gasteiger partial charge >= 0.3 is 0 Å². The number of aryl methyl sites for hydroxylation is 1. The Bertz CT molecular complexity index is 1940. The third kappa shape index (κ3) is 3.43. The summed E-state index contributed by atoms with van der Waals surface area (Å²) in [6, 6.07) is 24.9. The van der Waals surface area contributed by atoms with Gasteiger partial charge in [-0.05, 0) is 101 Å². The lowest BCUT2D eigenvalue weighted by atomic mass is 9.71. The zero-order valence-electron chi connectivity index (χ0n) is 24.7. The summed E-state index contributed by atoms with van der Waals surface area (Å²) in [5.74, 6) is -0.961. The molecule has 2 heteroatoms. The van der Waals surface area contributed by atoms with E-state index >= 15 is 0 Å². The maximum absolute atomic E-state index is 9.42. The summed E-state index contributed by atoms with van der Waals surface area (Å²) in [6.07, 6.45) is 4.49. The lowest BCUT2D eigenvalue weighted by Gasteiger charge is -2.35. The Labute approximate surface area is 217 Å². The summed E-state index contributed by atoms with van der Waals surface area (Å²) in [4.78, 5) is 4.64. The summed E-state index contributed by atoms with van der Waals surface area (Å²) < 4.78 is 40.5. The van der Waals surface area contributed by atoms with Crippen molar-refractivity contribution in [1.29, 1.82) is 0 Å². The Balaban J connectivity index is 1.43. The minimum absolute atomic E-state index is 0.162. The molecular formula is C34H31NO. The van der Waals surface area contributed by atoms with Gasteiger partial charge in [-0.15, -0.1) is 0 Å². The van der Waals surface area contributed by atoms with Crippen molar-refractivity contribution in [3.8, 4) is 11.3 Å². The number of furan rings is 1. The Morgan fingerprint density at radius 1 is 0.861 bits per heavy atom. The molecule has 2 nitrogen and oxygen atoms in total. The number of para-hydroxylation sites is 1. The molecule has 36 heavy (non-hydrogen) atoms.